The number of methoxy groups -OCH3 is 1. The number of rotatable bonds is 5. The van der Waals surface area contributed by atoms with Gasteiger partial charge >= 0.3 is 0 Å². The van der Waals surface area contributed by atoms with E-state index in [9.17, 15) is 9.59 Å². The van der Waals surface area contributed by atoms with E-state index in [0.29, 0.717) is 29.4 Å². The minimum Gasteiger partial charge on any atom is -0.493 e. The summed E-state index contributed by atoms with van der Waals surface area (Å²) in [5, 5.41) is 0. The molecular weight excluding hydrogens is 378 g/mol. The number of hydrazine groups is 1. The van der Waals surface area contributed by atoms with Gasteiger partial charge in [-0.3, -0.25) is 20.4 Å². The highest BCUT2D eigenvalue weighted by Gasteiger charge is 2.14. The number of aromatic nitrogens is 1. The lowest BCUT2D eigenvalue weighted by atomic mass is 10.2. The molecule has 0 atom stereocenters. The maximum Gasteiger partial charge on any atom is 0.286 e. The summed E-state index contributed by atoms with van der Waals surface area (Å²) in [5.74, 6) is 0.115. The van der Waals surface area contributed by atoms with Gasteiger partial charge in [0.25, 0.3) is 11.8 Å². The number of carbonyl (C=O) groups excluding carboxylic acids is 2. The smallest absolute Gasteiger partial charge is 0.286 e. The van der Waals surface area contributed by atoms with Gasteiger partial charge in [0.15, 0.2) is 11.5 Å². The Morgan fingerprint density at radius 3 is 2.46 bits per heavy atom. The first-order chi connectivity index (χ1) is 11.5. The standard InChI is InChI=1S/C16H18BrN3O4/c1-4-24-13-6-5-10(7-14(13)23-3)15(21)18-19-16(22)12-8-11(17)9-20(12)2/h5-9H,4H2,1-3H3,(H,18,21)(H,19,22). The summed E-state index contributed by atoms with van der Waals surface area (Å²) in [5.41, 5.74) is 5.49. The molecule has 1 heterocycles. The maximum atomic E-state index is 12.2. The second kappa shape index (κ2) is 7.87. The van der Waals surface area contributed by atoms with E-state index in [0.717, 1.165) is 4.47 Å². The quantitative estimate of drug-likeness (QED) is 0.760. The fourth-order valence-electron chi connectivity index (χ4n) is 2.08. The Kier molecular flexibility index (Phi) is 5.86. The summed E-state index contributed by atoms with van der Waals surface area (Å²) in [4.78, 5) is 24.2. The number of amides is 2. The zero-order chi connectivity index (χ0) is 17.7. The lowest BCUT2D eigenvalue weighted by Crippen LogP contribution is -2.42. The Bertz CT molecular complexity index is 758. The topological polar surface area (TPSA) is 81.6 Å². The molecule has 0 aliphatic heterocycles. The van der Waals surface area contributed by atoms with Crippen LogP contribution in [0.15, 0.2) is 34.9 Å². The number of aryl methyl sites for hydroxylation is 1. The first-order valence-electron chi connectivity index (χ1n) is 7.19. The van der Waals surface area contributed by atoms with Crippen LogP contribution >= 0.6 is 15.9 Å². The largest absolute Gasteiger partial charge is 0.493 e. The minimum absolute atomic E-state index is 0.337. The molecule has 2 aromatic rings. The summed E-state index contributed by atoms with van der Waals surface area (Å²) < 4.78 is 13.0. The van der Waals surface area contributed by atoms with Crippen molar-refractivity contribution in [3.8, 4) is 11.5 Å². The highest BCUT2D eigenvalue weighted by molar-refractivity contribution is 9.10. The van der Waals surface area contributed by atoms with Crippen molar-refractivity contribution < 1.29 is 19.1 Å². The summed E-state index contributed by atoms with van der Waals surface area (Å²) in [6.45, 7) is 2.35. The Balaban J connectivity index is 2.04. The SMILES string of the molecule is CCOc1ccc(C(=O)NNC(=O)c2cc(Br)cn2C)cc1OC. The molecule has 8 heteroatoms. The molecule has 1 aromatic heterocycles. The minimum atomic E-state index is -0.460. The van der Waals surface area contributed by atoms with Gasteiger partial charge in [-0.2, -0.15) is 0 Å². The first kappa shape index (κ1) is 17.9. The Morgan fingerprint density at radius 1 is 1.17 bits per heavy atom. The van der Waals surface area contributed by atoms with Crippen LogP contribution in [-0.2, 0) is 7.05 Å². The number of halogens is 1. The van der Waals surface area contributed by atoms with E-state index in [1.165, 1.54) is 7.11 Å². The van der Waals surface area contributed by atoms with Crippen LogP contribution in [0.4, 0.5) is 0 Å². The summed E-state index contributed by atoms with van der Waals surface area (Å²) in [7, 11) is 3.23. The van der Waals surface area contributed by atoms with Crippen molar-refractivity contribution in [2.24, 2.45) is 7.05 Å². The number of carbonyl (C=O) groups is 2. The third kappa shape index (κ3) is 4.08. The van der Waals surface area contributed by atoms with Crippen molar-refractivity contribution in [1.29, 1.82) is 0 Å². The Labute approximate surface area is 148 Å². The van der Waals surface area contributed by atoms with Crippen molar-refractivity contribution >= 4 is 27.7 Å². The van der Waals surface area contributed by atoms with Crippen LogP contribution in [0.3, 0.4) is 0 Å². The molecule has 0 saturated carbocycles. The van der Waals surface area contributed by atoms with Gasteiger partial charge in [0, 0.05) is 23.3 Å². The van der Waals surface area contributed by atoms with E-state index >= 15 is 0 Å². The lowest BCUT2D eigenvalue weighted by Gasteiger charge is -2.11. The van der Waals surface area contributed by atoms with Crippen molar-refractivity contribution in [2.75, 3.05) is 13.7 Å². The summed E-state index contributed by atoms with van der Waals surface area (Å²) in [6, 6.07) is 6.44. The maximum absolute atomic E-state index is 12.2. The van der Waals surface area contributed by atoms with Gasteiger partial charge in [0.05, 0.1) is 13.7 Å². The van der Waals surface area contributed by atoms with Crippen LogP contribution in [0, 0.1) is 0 Å². The van der Waals surface area contributed by atoms with Gasteiger partial charge in [-0.05, 0) is 47.1 Å². The van der Waals surface area contributed by atoms with Crippen molar-refractivity contribution in [1.82, 2.24) is 15.4 Å². The second-order valence-electron chi connectivity index (χ2n) is 4.86. The molecule has 2 amide bonds. The molecule has 24 heavy (non-hydrogen) atoms. The van der Waals surface area contributed by atoms with Crippen LogP contribution in [0.25, 0.3) is 0 Å². The predicted molar refractivity (Wildman–Crippen MR) is 92.2 cm³/mol. The molecule has 0 aliphatic rings. The van der Waals surface area contributed by atoms with Gasteiger partial charge in [-0.15, -0.1) is 0 Å². The van der Waals surface area contributed by atoms with Gasteiger partial charge in [-0.25, -0.2) is 0 Å². The van der Waals surface area contributed by atoms with E-state index in [-0.39, 0.29) is 0 Å². The molecule has 0 aliphatic carbocycles. The van der Waals surface area contributed by atoms with Crippen LogP contribution in [0.2, 0.25) is 0 Å². The molecule has 0 bridgehead atoms. The zero-order valence-electron chi connectivity index (χ0n) is 13.6. The lowest BCUT2D eigenvalue weighted by molar-refractivity contribution is 0.0842. The van der Waals surface area contributed by atoms with Crippen molar-refractivity contribution in [3.05, 3.63) is 46.2 Å². The molecule has 7 nitrogen and oxygen atoms in total. The number of ether oxygens (including phenoxy) is 2. The van der Waals surface area contributed by atoms with Gasteiger partial charge in [0.2, 0.25) is 0 Å². The van der Waals surface area contributed by atoms with E-state index < -0.39 is 11.8 Å². The average molecular weight is 396 g/mol. The Hall–Kier alpha value is -2.48. The normalized spacial score (nSPS) is 10.2. The zero-order valence-corrected chi connectivity index (χ0v) is 15.1. The molecule has 1 aromatic carbocycles. The van der Waals surface area contributed by atoms with Gasteiger partial charge in [0.1, 0.15) is 5.69 Å². The van der Waals surface area contributed by atoms with E-state index in [4.69, 9.17) is 9.47 Å². The first-order valence-corrected chi connectivity index (χ1v) is 7.99. The molecular formula is C16H18BrN3O4. The monoisotopic (exact) mass is 395 g/mol. The molecule has 0 saturated heterocycles. The van der Waals surface area contributed by atoms with E-state index in [1.54, 1.807) is 42.1 Å². The van der Waals surface area contributed by atoms with Gasteiger partial charge < -0.3 is 14.0 Å². The number of hydrogen-bond acceptors (Lipinski definition) is 4. The second-order valence-corrected chi connectivity index (χ2v) is 5.78. The average Bonchev–Trinajstić information content (AvgIpc) is 2.91. The van der Waals surface area contributed by atoms with E-state index in [2.05, 4.69) is 26.8 Å². The molecule has 128 valence electrons. The third-order valence-electron chi connectivity index (χ3n) is 3.22. The van der Waals surface area contributed by atoms with Crippen LogP contribution in [0.1, 0.15) is 27.8 Å². The van der Waals surface area contributed by atoms with Crippen LogP contribution < -0.4 is 20.3 Å². The van der Waals surface area contributed by atoms with Crippen LogP contribution in [-0.4, -0.2) is 30.1 Å². The molecule has 0 spiro atoms. The van der Waals surface area contributed by atoms with E-state index in [1.807, 2.05) is 6.92 Å². The van der Waals surface area contributed by atoms with Crippen molar-refractivity contribution in [2.45, 2.75) is 6.92 Å². The number of nitrogens with one attached hydrogen (secondary N) is 2. The molecule has 0 radical (unpaired) electrons. The molecule has 2 rings (SSSR count). The highest BCUT2D eigenvalue weighted by atomic mass is 79.9. The molecule has 0 fully saturated rings. The third-order valence-corrected chi connectivity index (χ3v) is 3.65. The highest BCUT2D eigenvalue weighted by Crippen LogP contribution is 2.27. The summed E-state index contributed by atoms with van der Waals surface area (Å²) in [6.07, 6.45) is 1.74. The Morgan fingerprint density at radius 2 is 1.88 bits per heavy atom. The van der Waals surface area contributed by atoms with Crippen molar-refractivity contribution in [3.63, 3.8) is 0 Å². The summed E-state index contributed by atoms with van der Waals surface area (Å²) >= 11 is 3.29. The fraction of sp³-hybridized carbons (Fsp3) is 0.250. The number of benzene rings is 1. The van der Waals surface area contributed by atoms with Crippen LogP contribution in [0.5, 0.6) is 11.5 Å². The number of hydrogen-bond donors (Lipinski definition) is 2. The van der Waals surface area contributed by atoms with Gasteiger partial charge in [-0.1, -0.05) is 0 Å². The number of nitrogens with zero attached hydrogens (tertiary/aromatic N) is 1. The molecule has 2 N–H and O–H groups in total. The fourth-order valence-corrected chi connectivity index (χ4v) is 2.61. The predicted octanol–water partition coefficient (Wildman–Crippen LogP) is 2.27. The molecule has 0 unspecified atom stereocenters.